The van der Waals surface area contributed by atoms with Gasteiger partial charge >= 0.3 is 12.1 Å². The lowest BCUT2D eigenvalue weighted by molar-refractivity contribution is -0.190. The highest BCUT2D eigenvalue weighted by atomic mass is 32.1. The van der Waals surface area contributed by atoms with Gasteiger partial charge in [0.05, 0.1) is 22.8 Å². The van der Waals surface area contributed by atoms with E-state index in [1.165, 1.54) is 24.0 Å². The number of aromatic amines is 1. The molecule has 1 saturated heterocycles. The Bertz CT molecular complexity index is 1180. The van der Waals surface area contributed by atoms with Crippen LogP contribution in [0.25, 0.3) is 0 Å². The van der Waals surface area contributed by atoms with Crippen LogP contribution >= 0.6 is 11.5 Å². The molecule has 1 saturated carbocycles. The number of rotatable bonds is 3. The molecule has 2 fully saturated rings. The first-order valence-electron chi connectivity index (χ1n) is 10.1. The Kier molecular flexibility index (Phi) is 4.38. The Balaban J connectivity index is 1.48. The van der Waals surface area contributed by atoms with Crippen LogP contribution in [0.15, 0.2) is 16.9 Å². The molecule has 3 heterocycles. The number of likely N-dealkylation sites (N-methyl/N-ethyl adjacent to an activating group) is 1. The summed E-state index contributed by atoms with van der Waals surface area (Å²) in [6, 6.07) is 2.46. The molecule has 1 aromatic carbocycles. The Morgan fingerprint density at radius 2 is 2.00 bits per heavy atom. The number of nitrogens with one attached hydrogen (secondary N) is 1. The SMILES string of the molecule is CN(C(=O)C(F)(F)F)C1(C)CN(c2cc3c(cc2F)Cc2c(s[nH]c2=O)[N+]3([O-])C2CC2)C1. The van der Waals surface area contributed by atoms with Crippen LogP contribution < -0.4 is 15.1 Å². The van der Waals surface area contributed by atoms with Crippen molar-refractivity contribution < 1.29 is 22.4 Å². The summed E-state index contributed by atoms with van der Waals surface area (Å²) in [5, 5.41) is 14.4. The number of quaternary nitrogens is 1. The summed E-state index contributed by atoms with van der Waals surface area (Å²) in [7, 11) is 1.08. The van der Waals surface area contributed by atoms with Crippen molar-refractivity contribution in [2.75, 3.05) is 25.0 Å². The van der Waals surface area contributed by atoms with E-state index >= 15 is 4.39 Å². The largest absolute Gasteiger partial charge is 0.621 e. The van der Waals surface area contributed by atoms with E-state index in [1.807, 2.05) is 0 Å². The molecule has 1 atom stereocenters. The molecule has 2 aliphatic heterocycles. The van der Waals surface area contributed by atoms with Crippen LogP contribution in [-0.2, 0) is 11.2 Å². The van der Waals surface area contributed by atoms with Gasteiger partial charge in [0.15, 0.2) is 0 Å². The zero-order valence-corrected chi connectivity index (χ0v) is 18.1. The van der Waals surface area contributed by atoms with Crippen molar-refractivity contribution in [3.05, 3.63) is 44.6 Å². The van der Waals surface area contributed by atoms with E-state index in [4.69, 9.17) is 0 Å². The number of benzene rings is 1. The maximum Gasteiger partial charge on any atom is 0.471 e. The van der Waals surface area contributed by atoms with Crippen molar-refractivity contribution in [1.29, 1.82) is 0 Å². The lowest BCUT2D eigenvalue weighted by Crippen LogP contribution is -2.70. The predicted molar refractivity (Wildman–Crippen MR) is 111 cm³/mol. The molecule has 1 unspecified atom stereocenters. The first-order chi connectivity index (χ1) is 14.9. The summed E-state index contributed by atoms with van der Waals surface area (Å²) >= 11 is 1.00. The van der Waals surface area contributed by atoms with E-state index in [1.54, 1.807) is 0 Å². The van der Waals surface area contributed by atoms with Crippen molar-refractivity contribution in [2.45, 2.75) is 43.9 Å². The summed E-state index contributed by atoms with van der Waals surface area (Å²) in [6.07, 6.45) is -3.47. The number of hydrogen-bond donors (Lipinski definition) is 1. The fourth-order valence-electron chi connectivity index (χ4n) is 4.72. The Labute approximate surface area is 184 Å². The number of amides is 1. The van der Waals surface area contributed by atoms with Gasteiger partial charge < -0.3 is 15.0 Å². The third-order valence-corrected chi connectivity index (χ3v) is 7.77. The molecule has 7 nitrogen and oxygen atoms in total. The summed E-state index contributed by atoms with van der Waals surface area (Å²) < 4.78 is 55.3. The molecule has 1 aromatic heterocycles. The zero-order valence-electron chi connectivity index (χ0n) is 17.3. The number of halogens is 4. The molecule has 0 radical (unpaired) electrons. The minimum atomic E-state index is -4.99. The molecular formula is C20H20F4N4O3S. The average Bonchev–Trinajstić information content (AvgIpc) is 3.48. The second-order valence-corrected chi connectivity index (χ2v) is 9.83. The van der Waals surface area contributed by atoms with E-state index in [9.17, 15) is 28.0 Å². The number of anilines is 1. The fraction of sp³-hybridized carbons (Fsp3) is 0.500. The van der Waals surface area contributed by atoms with Gasteiger partial charge in [-0.3, -0.25) is 18.6 Å². The van der Waals surface area contributed by atoms with Gasteiger partial charge in [-0.25, -0.2) is 4.39 Å². The molecule has 3 aliphatic rings. The molecule has 0 spiro atoms. The lowest BCUT2D eigenvalue weighted by atomic mass is 9.88. The van der Waals surface area contributed by atoms with E-state index < -0.39 is 28.1 Å². The normalized spacial score (nSPS) is 23.9. The summed E-state index contributed by atoms with van der Waals surface area (Å²) in [6.45, 7) is 1.49. The number of alkyl halides is 3. The van der Waals surface area contributed by atoms with E-state index in [0.29, 0.717) is 39.6 Å². The molecule has 5 rings (SSSR count). The summed E-state index contributed by atoms with van der Waals surface area (Å²) in [4.78, 5) is 26.0. The molecule has 32 heavy (non-hydrogen) atoms. The second kappa shape index (κ2) is 6.55. The van der Waals surface area contributed by atoms with Crippen LogP contribution in [0.3, 0.4) is 0 Å². The number of H-pyrrole nitrogens is 1. The predicted octanol–water partition coefficient (Wildman–Crippen LogP) is 3.38. The number of carbonyl (C=O) groups is 1. The van der Waals surface area contributed by atoms with Gasteiger partial charge in [0.25, 0.3) is 5.56 Å². The van der Waals surface area contributed by atoms with Crippen molar-refractivity contribution in [1.82, 2.24) is 13.9 Å². The maximum atomic E-state index is 15.0. The zero-order chi connectivity index (χ0) is 23.2. The summed E-state index contributed by atoms with van der Waals surface area (Å²) in [5.41, 5.74) is -0.186. The van der Waals surface area contributed by atoms with Gasteiger partial charge in [-0.15, -0.1) is 0 Å². The van der Waals surface area contributed by atoms with E-state index in [-0.39, 0.29) is 36.8 Å². The van der Waals surface area contributed by atoms with Crippen molar-refractivity contribution in [3.63, 3.8) is 0 Å². The summed E-state index contributed by atoms with van der Waals surface area (Å²) in [5.74, 6) is -2.57. The van der Waals surface area contributed by atoms with E-state index in [2.05, 4.69) is 4.37 Å². The number of hydrogen-bond acceptors (Lipinski definition) is 5. The molecule has 1 N–H and O–H groups in total. The Morgan fingerprint density at radius 1 is 1.34 bits per heavy atom. The molecule has 1 amide bonds. The third kappa shape index (κ3) is 2.92. The van der Waals surface area contributed by atoms with Crippen LogP contribution in [0.5, 0.6) is 0 Å². The standard InChI is InChI=1S/C20H20F4N4O3S/c1-19(26(2)18(30)20(22,23)24)8-27(9-19)14-7-15-10(6-13(14)21)5-12-16(29)25-32-17(12)28(15,31)11-3-4-11/h6-7,11H,3-5,8-9H2,1-2H3,(H,25,29). The molecule has 172 valence electrons. The number of hydroxylamine groups is 1. The van der Waals surface area contributed by atoms with Crippen LogP contribution in [0.4, 0.5) is 33.9 Å². The first kappa shape index (κ1) is 21.4. The van der Waals surface area contributed by atoms with Crippen LogP contribution in [0.2, 0.25) is 0 Å². The van der Waals surface area contributed by atoms with Crippen molar-refractivity contribution in [3.8, 4) is 0 Å². The van der Waals surface area contributed by atoms with Gasteiger partial charge in [0.1, 0.15) is 11.5 Å². The van der Waals surface area contributed by atoms with Crippen LogP contribution in [-0.4, -0.2) is 53.1 Å². The molecular weight excluding hydrogens is 452 g/mol. The Morgan fingerprint density at radius 3 is 2.59 bits per heavy atom. The molecule has 1 aliphatic carbocycles. The number of fused-ring (bicyclic) bond motifs is 2. The quantitative estimate of drug-likeness (QED) is 0.422. The topological polar surface area (TPSA) is 79.5 Å². The highest BCUT2D eigenvalue weighted by Gasteiger charge is 2.53. The monoisotopic (exact) mass is 472 g/mol. The minimum absolute atomic E-state index is 0.00789. The van der Waals surface area contributed by atoms with E-state index in [0.717, 1.165) is 18.6 Å². The first-order valence-corrected chi connectivity index (χ1v) is 10.9. The second-order valence-electron chi connectivity index (χ2n) is 9.03. The lowest BCUT2D eigenvalue weighted by Gasteiger charge is -2.54. The van der Waals surface area contributed by atoms with Gasteiger partial charge in [-0.1, -0.05) is 0 Å². The minimum Gasteiger partial charge on any atom is -0.621 e. The fourth-order valence-corrected chi connectivity index (χ4v) is 5.70. The van der Waals surface area contributed by atoms with Gasteiger partial charge in [0.2, 0.25) is 5.00 Å². The average molecular weight is 472 g/mol. The van der Waals surface area contributed by atoms with Crippen LogP contribution in [0, 0.1) is 11.0 Å². The molecule has 0 bridgehead atoms. The molecule has 12 heteroatoms. The van der Waals surface area contributed by atoms with Gasteiger partial charge in [-0.2, -0.15) is 13.2 Å². The highest BCUT2D eigenvalue weighted by molar-refractivity contribution is 7.10. The highest BCUT2D eigenvalue weighted by Crippen LogP contribution is 2.53. The smallest absolute Gasteiger partial charge is 0.471 e. The number of aromatic nitrogens is 1. The van der Waals surface area contributed by atoms with Crippen molar-refractivity contribution >= 4 is 33.8 Å². The number of carbonyl (C=O) groups excluding carboxylic acids is 1. The maximum absolute atomic E-state index is 15.0. The van der Waals surface area contributed by atoms with Crippen molar-refractivity contribution in [2.24, 2.45) is 0 Å². The van der Waals surface area contributed by atoms with Gasteiger partial charge in [-0.05, 0) is 13.0 Å². The van der Waals surface area contributed by atoms with Gasteiger partial charge in [0, 0.05) is 62.6 Å². The third-order valence-electron chi connectivity index (χ3n) is 6.77. The van der Waals surface area contributed by atoms with Crippen LogP contribution in [0.1, 0.15) is 30.9 Å². The number of nitrogens with zero attached hydrogens (tertiary/aromatic N) is 3. The Hall–Kier alpha value is -2.44. The molecule has 2 aromatic rings.